The van der Waals surface area contributed by atoms with Crippen molar-refractivity contribution in [3.63, 3.8) is 0 Å². The van der Waals surface area contributed by atoms with Crippen molar-refractivity contribution in [2.75, 3.05) is 6.54 Å². The van der Waals surface area contributed by atoms with Crippen LogP contribution in [0.1, 0.15) is 29.3 Å². The summed E-state index contributed by atoms with van der Waals surface area (Å²) in [5.41, 5.74) is -2.45. The van der Waals surface area contributed by atoms with E-state index in [2.05, 4.69) is 0 Å². The van der Waals surface area contributed by atoms with Crippen LogP contribution in [0.15, 0.2) is 40.6 Å². The fraction of sp³-hybridized carbons (Fsp3) is 0.375. The van der Waals surface area contributed by atoms with Crippen LogP contribution in [0, 0.1) is 0 Å². The largest absolute Gasteiger partial charge is 0.421 e. The molecule has 3 heterocycles. The van der Waals surface area contributed by atoms with Crippen LogP contribution in [0.4, 0.5) is 13.2 Å². The lowest BCUT2D eigenvalue weighted by molar-refractivity contribution is -0.139. The Balaban J connectivity index is 1.82. The highest BCUT2D eigenvalue weighted by atomic mass is 32.1. The maximum absolute atomic E-state index is 12.8. The average Bonchev–Trinajstić information content (AvgIpc) is 3.18. The van der Waals surface area contributed by atoms with Gasteiger partial charge in [-0.1, -0.05) is 6.07 Å². The van der Waals surface area contributed by atoms with Gasteiger partial charge in [-0.25, -0.2) is 0 Å². The molecule has 4 nitrogen and oxygen atoms in total. The lowest BCUT2D eigenvalue weighted by Gasteiger charge is -2.24. The number of hydrogen-bond donors (Lipinski definition) is 0. The lowest BCUT2D eigenvalue weighted by atomic mass is 10.2. The van der Waals surface area contributed by atoms with Gasteiger partial charge in [-0.05, 0) is 36.4 Å². The number of carbonyl (C=O) groups excluding carboxylic acids is 1. The van der Waals surface area contributed by atoms with Gasteiger partial charge >= 0.3 is 6.18 Å². The molecule has 1 aliphatic heterocycles. The Morgan fingerprint density at radius 1 is 1.29 bits per heavy atom. The number of pyridine rings is 1. The van der Waals surface area contributed by atoms with Crippen LogP contribution >= 0.6 is 11.3 Å². The Kier molecular flexibility index (Phi) is 4.49. The predicted octanol–water partition coefficient (Wildman–Crippen LogP) is 3.29. The molecule has 1 amide bonds. The molecule has 8 heteroatoms. The fourth-order valence-electron chi connectivity index (χ4n) is 2.96. The molecule has 0 saturated carbocycles. The topological polar surface area (TPSA) is 42.3 Å². The molecule has 1 atom stereocenters. The molecule has 24 heavy (non-hydrogen) atoms. The molecule has 0 radical (unpaired) electrons. The third-order valence-corrected chi connectivity index (χ3v) is 5.05. The van der Waals surface area contributed by atoms with Crippen LogP contribution in [0.3, 0.4) is 0 Å². The summed E-state index contributed by atoms with van der Waals surface area (Å²) < 4.78 is 39.3. The standard InChI is InChI=1S/C16H15F3N2O2S/c17-16(18,19)11-4-1-7-20(15(11)23)10-14(22)21-8-2-5-12(21)13-6-3-9-24-13/h1,3-4,6-7,9,12H,2,5,8,10H2. The molecule has 0 spiro atoms. The molecule has 1 aliphatic rings. The van der Waals surface area contributed by atoms with Crippen molar-refractivity contribution < 1.29 is 18.0 Å². The maximum Gasteiger partial charge on any atom is 0.421 e. The lowest BCUT2D eigenvalue weighted by Crippen LogP contribution is -2.37. The first-order valence-electron chi connectivity index (χ1n) is 7.47. The molecule has 2 aromatic rings. The molecule has 3 rings (SSSR count). The van der Waals surface area contributed by atoms with Crippen molar-refractivity contribution in [2.45, 2.75) is 31.6 Å². The smallest absolute Gasteiger partial charge is 0.333 e. The maximum atomic E-state index is 12.8. The van der Waals surface area contributed by atoms with Crippen LogP contribution in [0.5, 0.6) is 0 Å². The minimum absolute atomic E-state index is 0.0565. The van der Waals surface area contributed by atoms with E-state index in [4.69, 9.17) is 0 Å². The first-order valence-corrected chi connectivity index (χ1v) is 8.35. The Morgan fingerprint density at radius 2 is 2.08 bits per heavy atom. The van der Waals surface area contributed by atoms with Crippen LogP contribution in [0.2, 0.25) is 0 Å². The zero-order chi connectivity index (χ0) is 17.3. The Labute approximate surface area is 140 Å². The van der Waals surface area contributed by atoms with E-state index in [1.54, 1.807) is 16.2 Å². The van der Waals surface area contributed by atoms with Gasteiger partial charge in [-0.15, -0.1) is 11.3 Å². The van der Waals surface area contributed by atoms with Gasteiger partial charge in [0.05, 0.1) is 6.04 Å². The number of hydrogen-bond acceptors (Lipinski definition) is 3. The highest BCUT2D eigenvalue weighted by molar-refractivity contribution is 7.10. The number of aromatic nitrogens is 1. The number of amides is 1. The summed E-state index contributed by atoms with van der Waals surface area (Å²) in [6, 6.07) is 5.65. The molecule has 1 fully saturated rings. The number of alkyl halides is 3. The summed E-state index contributed by atoms with van der Waals surface area (Å²) in [5, 5.41) is 1.92. The third-order valence-electron chi connectivity index (χ3n) is 4.08. The van der Waals surface area contributed by atoms with E-state index >= 15 is 0 Å². The van der Waals surface area contributed by atoms with Gasteiger partial charge in [0.15, 0.2) is 0 Å². The molecular formula is C16H15F3N2O2S. The Hall–Kier alpha value is -2.09. The Bertz CT molecular complexity index is 783. The van der Waals surface area contributed by atoms with Gasteiger partial charge in [0.25, 0.3) is 5.56 Å². The highest BCUT2D eigenvalue weighted by Gasteiger charge is 2.35. The average molecular weight is 356 g/mol. The van der Waals surface area contributed by atoms with Crippen LogP contribution in [0.25, 0.3) is 0 Å². The van der Waals surface area contributed by atoms with Crippen molar-refractivity contribution in [3.05, 3.63) is 56.6 Å². The molecule has 0 aliphatic carbocycles. The summed E-state index contributed by atoms with van der Waals surface area (Å²) in [6.45, 7) is 0.166. The van der Waals surface area contributed by atoms with Crippen LogP contribution in [-0.4, -0.2) is 21.9 Å². The van der Waals surface area contributed by atoms with Crippen molar-refractivity contribution >= 4 is 17.2 Å². The minimum Gasteiger partial charge on any atom is -0.333 e. The van der Waals surface area contributed by atoms with Gasteiger partial charge in [-0.3, -0.25) is 9.59 Å². The number of thiophene rings is 1. The quantitative estimate of drug-likeness (QED) is 0.847. The monoisotopic (exact) mass is 356 g/mol. The SMILES string of the molecule is O=C(Cn1cccc(C(F)(F)F)c1=O)N1CCCC1c1cccs1. The second-order valence-electron chi connectivity index (χ2n) is 5.61. The summed E-state index contributed by atoms with van der Waals surface area (Å²) in [5.74, 6) is -0.340. The molecule has 0 aromatic carbocycles. The first kappa shape index (κ1) is 16.8. The zero-order valence-corrected chi connectivity index (χ0v) is 13.4. The third kappa shape index (κ3) is 3.24. The van der Waals surface area contributed by atoms with E-state index in [1.165, 1.54) is 6.20 Å². The van der Waals surface area contributed by atoms with Gasteiger partial charge in [-0.2, -0.15) is 13.2 Å². The summed E-state index contributed by atoms with van der Waals surface area (Å²) in [4.78, 5) is 27.2. The zero-order valence-electron chi connectivity index (χ0n) is 12.6. The van der Waals surface area contributed by atoms with Crippen molar-refractivity contribution in [2.24, 2.45) is 0 Å². The number of likely N-dealkylation sites (tertiary alicyclic amines) is 1. The van der Waals surface area contributed by atoms with Crippen molar-refractivity contribution in [1.29, 1.82) is 0 Å². The molecule has 1 unspecified atom stereocenters. The van der Waals surface area contributed by atoms with Crippen molar-refractivity contribution in [3.8, 4) is 0 Å². The van der Waals surface area contributed by atoms with Gasteiger partial charge in [0.2, 0.25) is 5.91 Å². The van der Waals surface area contributed by atoms with Crippen LogP contribution in [-0.2, 0) is 17.5 Å². The second-order valence-corrected chi connectivity index (χ2v) is 6.59. The summed E-state index contributed by atoms with van der Waals surface area (Å²) in [7, 11) is 0. The van der Waals surface area contributed by atoms with E-state index in [-0.39, 0.29) is 18.5 Å². The highest BCUT2D eigenvalue weighted by Crippen LogP contribution is 2.34. The molecule has 2 aromatic heterocycles. The van der Waals surface area contributed by atoms with Gasteiger partial charge < -0.3 is 9.47 Å². The van der Waals surface area contributed by atoms with E-state index in [9.17, 15) is 22.8 Å². The first-order chi connectivity index (χ1) is 11.4. The molecule has 1 saturated heterocycles. The Morgan fingerprint density at radius 3 is 2.75 bits per heavy atom. The van der Waals surface area contributed by atoms with Crippen molar-refractivity contribution in [1.82, 2.24) is 9.47 Å². The normalized spacial score (nSPS) is 18.1. The molecule has 0 bridgehead atoms. The predicted molar refractivity (Wildman–Crippen MR) is 83.7 cm³/mol. The van der Waals surface area contributed by atoms with Crippen LogP contribution < -0.4 is 5.56 Å². The van der Waals surface area contributed by atoms with E-state index in [1.807, 2.05) is 17.5 Å². The van der Waals surface area contributed by atoms with Gasteiger partial charge in [0.1, 0.15) is 12.1 Å². The summed E-state index contributed by atoms with van der Waals surface area (Å²) >= 11 is 1.55. The molecule has 0 N–H and O–H groups in total. The minimum atomic E-state index is -4.73. The van der Waals surface area contributed by atoms with E-state index < -0.39 is 17.3 Å². The number of halogens is 3. The fourth-order valence-corrected chi connectivity index (χ4v) is 3.83. The molecule has 128 valence electrons. The molecular weight excluding hydrogens is 341 g/mol. The van der Waals surface area contributed by atoms with E-state index in [0.717, 1.165) is 34.4 Å². The second kappa shape index (κ2) is 6.43. The number of nitrogens with zero attached hydrogens (tertiary/aromatic N) is 2. The van der Waals surface area contributed by atoms with E-state index in [0.29, 0.717) is 6.54 Å². The number of carbonyl (C=O) groups is 1. The summed E-state index contributed by atoms with van der Waals surface area (Å²) in [6.07, 6.45) is -1.85. The van der Waals surface area contributed by atoms with Gasteiger partial charge in [0, 0.05) is 17.6 Å². The number of rotatable bonds is 3.